The van der Waals surface area contributed by atoms with Crippen molar-refractivity contribution in [1.29, 1.82) is 0 Å². The zero-order chi connectivity index (χ0) is 17.0. The summed E-state index contributed by atoms with van der Waals surface area (Å²) in [5.41, 5.74) is 7.43. The van der Waals surface area contributed by atoms with Crippen LogP contribution in [0.4, 0.5) is 0 Å². The lowest BCUT2D eigenvalue weighted by Crippen LogP contribution is -1.95. The highest BCUT2D eigenvalue weighted by atomic mass is 15.0. The number of fused-ring (bicyclic) bond motifs is 6. The van der Waals surface area contributed by atoms with Crippen LogP contribution in [0.5, 0.6) is 0 Å². The van der Waals surface area contributed by atoms with Crippen LogP contribution in [0.15, 0.2) is 73.1 Å². The molecule has 0 amide bonds. The van der Waals surface area contributed by atoms with E-state index in [2.05, 4.69) is 90.1 Å². The number of nitrogens with zero attached hydrogens (tertiary/aromatic N) is 2. The summed E-state index contributed by atoms with van der Waals surface area (Å²) in [5.74, 6) is 0. The predicted octanol–water partition coefficient (Wildman–Crippen LogP) is 5.92. The Morgan fingerprint density at radius 1 is 0.720 bits per heavy atom. The molecule has 0 saturated heterocycles. The number of imidazole rings is 1. The van der Waals surface area contributed by atoms with E-state index >= 15 is 0 Å². The highest BCUT2D eigenvalue weighted by molar-refractivity contribution is 6.15. The van der Waals surface area contributed by atoms with Gasteiger partial charge < -0.3 is 0 Å². The van der Waals surface area contributed by atoms with Crippen LogP contribution in [0, 0.1) is 13.8 Å². The molecular formula is C23H18N2. The van der Waals surface area contributed by atoms with Gasteiger partial charge in [0.2, 0.25) is 0 Å². The maximum absolute atomic E-state index is 4.64. The number of hydrogen-bond donors (Lipinski definition) is 0. The standard InChI is InChI=1S/C23H18N2/c1-15-7-5-8-16(2)21(15)20-12-6-11-18-17-9-3-4-10-19(17)23-24-13-14-25(23)22(18)20/h3-14H,1-2H3. The van der Waals surface area contributed by atoms with Gasteiger partial charge in [-0.3, -0.25) is 4.40 Å². The molecule has 2 heterocycles. The van der Waals surface area contributed by atoms with Crippen LogP contribution in [0.25, 0.3) is 38.4 Å². The number of benzene rings is 3. The number of pyridine rings is 1. The molecule has 0 aliphatic rings. The maximum Gasteiger partial charge on any atom is 0.145 e. The summed E-state index contributed by atoms with van der Waals surface area (Å²) in [5, 5.41) is 3.71. The third kappa shape index (κ3) is 1.94. The van der Waals surface area contributed by atoms with Crippen molar-refractivity contribution in [3.8, 4) is 11.1 Å². The highest BCUT2D eigenvalue weighted by Gasteiger charge is 2.15. The summed E-state index contributed by atoms with van der Waals surface area (Å²) in [7, 11) is 0. The van der Waals surface area contributed by atoms with Gasteiger partial charge >= 0.3 is 0 Å². The van der Waals surface area contributed by atoms with Gasteiger partial charge in [-0.05, 0) is 35.9 Å². The third-order valence-corrected chi connectivity index (χ3v) is 5.13. The summed E-state index contributed by atoms with van der Waals surface area (Å²) in [6.07, 6.45) is 3.96. The molecule has 2 aromatic heterocycles. The van der Waals surface area contributed by atoms with Crippen molar-refractivity contribution < 1.29 is 0 Å². The summed E-state index contributed by atoms with van der Waals surface area (Å²) in [6, 6.07) is 21.6. The molecule has 0 spiro atoms. The largest absolute Gasteiger partial charge is 0.299 e. The van der Waals surface area contributed by atoms with E-state index in [1.807, 2.05) is 6.20 Å². The molecule has 0 bridgehead atoms. The lowest BCUT2D eigenvalue weighted by Gasteiger charge is -2.16. The van der Waals surface area contributed by atoms with Crippen LogP contribution in [0.2, 0.25) is 0 Å². The molecule has 5 rings (SSSR count). The molecule has 2 heteroatoms. The molecule has 0 aliphatic heterocycles. The van der Waals surface area contributed by atoms with E-state index in [0.717, 1.165) is 5.65 Å². The van der Waals surface area contributed by atoms with E-state index in [0.29, 0.717) is 0 Å². The van der Waals surface area contributed by atoms with Crippen molar-refractivity contribution in [1.82, 2.24) is 9.38 Å². The molecule has 0 N–H and O–H groups in total. The monoisotopic (exact) mass is 322 g/mol. The molecule has 3 aromatic carbocycles. The first-order valence-electron chi connectivity index (χ1n) is 8.59. The molecule has 5 aromatic rings. The number of aryl methyl sites for hydroxylation is 2. The minimum Gasteiger partial charge on any atom is -0.299 e. The van der Waals surface area contributed by atoms with Gasteiger partial charge in [-0.1, -0.05) is 60.7 Å². The Bertz CT molecular complexity index is 1240. The Kier molecular flexibility index (Phi) is 2.95. The second-order valence-corrected chi connectivity index (χ2v) is 6.63. The molecule has 0 atom stereocenters. The van der Waals surface area contributed by atoms with Crippen LogP contribution in [-0.4, -0.2) is 9.38 Å². The van der Waals surface area contributed by atoms with Gasteiger partial charge in [0.15, 0.2) is 0 Å². The topological polar surface area (TPSA) is 17.3 Å². The van der Waals surface area contributed by atoms with E-state index in [9.17, 15) is 0 Å². The number of aromatic nitrogens is 2. The van der Waals surface area contributed by atoms with Gasteiger partial charge in [0.1, 0.15) is 5.65 Å². The van der Waals surface area contributed by atoms with Crippen LogP contribution < -0.4 is 0 Å². The lowest BCUT2D eigenvalue weighted by molar-refractivity contribution is 1.27. The van der Waals surface area contributed by atoms with E-state index in [-0.39, 0.29) is 0 Å². The molecule has 0 unspecified atom stereocenters. The normalized spacial score (nSPS) is 11.6. The van der Waals surface area contributed by atoms with Gasteiger partial charge in [-0.25, -0.2) is 4.98 Å². The van der Waals surface area contributed by atoms with E-state index in [1.165, 1.54) is 43.9 Å². The summed E-state index contributed by atoms with van der Waals surface area (Å²) in [4.78, 5) is 4.64. The van der Waals surface area contributed by atoms with Gasteiger partial charge in [0, 0.05) is 28.7 Å². The third-order valence-electron chi connectivity index (χ3n) is 5.13. The minimum atomic E-state index is 1.02. The first kappa shape index (κ1) is 14.2. The van der Waals surface area contributed by atoms with E-state index in [1.54, 1.807) is 0 Å². The zero-order valence-corrected chi connectivity index (χ0v) is 14.3. The van der Waals surface area contributed by atoms with Gasteiger partial charge in [-0.2, -0.15) is 0 Å². The molecule has 120 valence electrons. The average molecular weight is 322 g/mol. The lowest BCUT2D eigenvalue weighted by atomic mass is 9.92. The predicted molar refractivity (Wildman–Crippen MR) is 105 cm³/mol. The van der Waals surface area contributed by atoms with Crippen molar-refractivity contribution in [2.45, 2.75) is 13.8 Å². The molecule has 0 aliphatic carbocycles. The van der Waals surface area contributed by atoms with Gasteiger partial charge in [-0.15, -0.1) is 0 Å². The Labute approximate surface area is 146 Å². The number of para-hydroxylation sites is 1. The van der Waals surface area contributed by atoms with Gasteiger partial charge in [0.25, 0.3) is 0 Å². The fourth-order valence-corrected chi connectivity index (χ4v) is 4.06. The summed E-state index contributed by atoms with van der Waals surface area (Å²) >= 11 is 0. The van der Waals surface area contributed by atoms with Crippen molar-refractivity contribution in [2.75, 3.05) is 0 Å². The van der Waals surface area contributed by atoms with Crippen LogP contribution in [0.3, 0.4) is 0 Å². The van der Waals surface area contributed by atoms with E-state index < -0.39 is 0 Å². The fraction of sp³-hybridized carbons (Fsp3) is 0.0870. The van der Waals surface area contributed by atoms with Crippen molar-refractivity contribution >= 4 is 27.3 Å². The molecular weight excluding hydrogens is 304 g/mol. The zero-order valence-electron chi connectivity index (χ0n) is 14.3. The van der Waals surface area contributed by atoms with Crippen LogP contribution in [0.1, 0.15) is 11.1 Å². The fourth-order valence-electron chi connectivity index (χ4n) is 4.06. The smallest absolute Gasteiger partial charge is 0.145 e. The van der Waals surface area contributed by atoms with Crippen molar-refractivity contribution in [3.05, 3.63) is 84.2 Å². The van der Waals surface area contributed by atoms with Crippen LogP contribution >= 0.6 is 0 Å². The molecule has 25 heavy (non-hydrogen) atoms. The molecule has 0 radical (unpaired) electrons. The number of rotatable bonds is 1. The Balaban J connectivity index is 2.07. The van der Waals surface area contributed by atoms with Gasteiger partial charge in [0.05, 0.1) is 5.52 Å². The first-order valence-corrected chi connectivity index (χ1v) is 8.59. The van der Waals surface area contributed by atoms with E-state index in [4.69, 9.17) is 0 Å². The second-order valence-electron chi connectivity index (χ2n) is 6.63. The Hall–Kier alpha value is -3.13. The molecule has 2 nitrogen and oxygen atoms in total. The molecule has 0 fully saturated rings. The Morgan fingerprint density at radius 2 is 1.40 bits per heavy atom. The summed E-state index contributed by atoms with van der Waals surface area (Å²) in [6.45, 7) is 4.38. The SMILES string of the molecule is Cc1cccc(C)c1-c1cccc2c3ccccc3c3nccn3c12. The average Bonchev–Trinajstić information content (AvgIpc) is 3.12. The van der Waals surface area contributed by atoms with Crippen LogP contribution in [-0.2, 0) is 0 Å². The number of hydrogen-bond acceptors (Lipinski definition) is 1. The first-order chi connectivity index (χ1) is 12.3. The minimum absolute atomic E-state index is 1.02. The molecule has 0 saturated carbocycles. The summed E-state index contributed by atoms with van der Waals surface area (Å²) < 4.78 is 2.24. The van der Waals surface area contributed by atoms with Crippen molar-refractivity contribution in [3.63, 3.8) is 0 Å². The second kappa shape index (κ2) is 5.18. The maximum atomic E-state index is 4.64. The highest BCUT2D eigenvalue weighted by Crippen LogP contribution is 2.37. The Morgan fingerprint density at radius 3 is 2.20 bits per heavy atom. The quantitative estimate of drug-likeness (QED) is 0.350. The van der Waals surface area contributed by atoms with Crippen molar-refractivity contribution in [2.24, 2.45) is 0 Å².